The quantitative estimate of drug-likeness (QED) is 0.674. The van der Waals surface area contributed by atoms with E-state index in [1.54, 1.807) is 11.3 Å². The van der Waals surface area contributed by atoms with Crippen molar-refractivity contribution in [1.29, 1.82) is 0 Å². The van der Waals surface area contributed by atoms with Crippen LogP contribution in [0.5, 0.6) is 0 Å². The lowest BCUT2D eigenvalue weighted by atomic mass is 9.68. The van der Waals surface area contributed by atoms with Crippen molar-refractivity contribution >= 4 is 11.3 Å². The molecule has 1 heterocycles. The van der Waals surface area contributed by atoms with Gasteiger partial charge in [0.1, 0.15) is 0 Å². The van der Waals surface area contributed by atoms with Crippen LogP contribution in [0.2, 0.25) is 0 Å². The molecule has 2 aromatic rings. The molecule has 0 aliphatic carbocycles. The molecule has 0 spiro atoms. The number of nitrogens with one attached hydrogen (secondary N) is 1. The molecule has 0 bridgehead atoms. The van der Waals surface area contributed by atoms with Gasteiger partial charge in [0.25, 0.3) is 0 Å². The minimum absolute atomic E-state index is 0.164. The Kier molecular flexibility index (Phi) is 6.01. The number of hydrogen-bond donors (Lipinski definition) is 1. The zero-order valence-electron chi connectivity index (χ0n) is 13.4. The summed E-state index contributed by atoms with van der Waals surface area (Å²) in [5, 5.41) is 8.31. The van der Waals surface area contributed by atoms with E-state index >= 15 is 0 Å². The fourth-order valence-electron chi connectivity index (χ4n) is 3.36. The summed E-state index contributed by atoms with van der Waals surface area (Å²) in [6, 6.07) is 13.7. The molecule has 1 nitrogen and oxygen atoms in total. The second-order valence-electron chi connectivity index (χ2n) is 5.67. The lowest BCUT2D eigenvalue weighted by Gasteiger charge is -2.41. The van der Waals surface area contributed by atoms with E-state index in [1.807, 2.05) is 0 Å². The van der Waals surface area contributed by atoms with E-state index in [1.165, 1.54) is 17.5 Å². The van der Waals surface area contributed by atoms with Crippen molar-refractivity contribution in [1.82, 2.24) is 5.32 Å². The van der Waals surface area contributed by atoms with E-state index in [9.17, 15) is 0 Å². The van der Waals surface area contributed by atoms with Crippen LogP contribution >= 0.6 is 11.3 Å². The molecule has 1 unspecified atom stereocenters. The van der Waals surface area contributed by atoms with Crippen molar-refractivity contribution in [2.75, 3.05) is 6.54 Å². The molecule has 21 heavy (non-hydrogen) atoms. The molecule has 0 amide bonds. The van der Waals surface area contributed by atoms with E-state index in [0.717, 1.165) is 19.4 Å². The van der Waals surface area contributed by atoms with Crippen LogP contribution in [0.1, 0.15) is 57.2 Å². The number of rotatable bonds is 8. The number of hydrogen-bond acceptors (Lipinski definition) is 2. The van der Waals surface area contributed by atoms with Gasteiger partial charge in [-0.05, 0) is 53.8 Å². The fourth-order valence-corrected chi connectivity index (χ4v) is 4.05. The topological polar surface area (TPSA) is 12.0 Å². The molecule has 0 radical (unpaired) electrons. The summed E-state index contributed by atoms with van der Waals surface area (Å²) in [6.07, 6.45) is 3.45. The van der Waals surface area contributed by atoms with Gasteiger partial charge in [0.15, 0.2) is 0 Å². The Hall–Kier alpha value is -1.12. The average molecular weight is 301 g/mol. The van der Waals surface area contributed by atoms with Gasteiger partial charge in [-0.2, -0.15) is 11.3 Å². The average Bonchev–Trinajstić information content (AvgIpc) is 3.07. The molecule has 1 aromatic carbocycles. The first kappa shape index (κ1) is 16.3. The largest absolute Gasteiger partial charge is 0.309 e. The van der Waals surface area contributed by atoms with Gasteiger partial charge < -0.3 is 5.32 Å². The monoisotopic (exact) mass is 301 g/mol. The van der Waals surface area contributed by atoms with Crippen molar-refractivity contribution < 1.29 is 0 Å². The highest BCUT2D eigenvalue weighted by Crippen LogP contribution is 2.43. The molecular formula is C19H27NS. The second kappa shape index (κ2) is 7.77. The van der Waals surface area contributed by atoms with Gasteiger partial charge >= 0.3 is 0 Å². The summed E-state index contributed by atoms with van der Waals surface area (Å²) in [6.45, 7) is 7.95. The first-order chi connectivity index (χ1) is 10.3. The van der Waals surface area contributed by atoms with Crippen LogP contribution in [-0.2, 0) is 5.41 Å². The second-order valence-corrected chi connectivity index (χ2v) is 6.45. The third kappa shape index (κ3) is 3.38. The molecular weight excluding hydrogens is 274 g/mol. The molecule has 1 aromatic heterocycles. The third-order valence-corrected chi connectivity index (χ3v) is 5.34. The summed E-state index contributed by atoms with van der Waals surface area (Å²) in [5.74, 6) is 0. The van der Waals surface area contributed by atoms with Crippen molar-refractivity contribution in [3.05, 3.63) is 58.3 Å². The smallest absolute Gasteiger partial charge is 0.0426 e. The first-order valence-electron chi connectivity index (χ1n) is 8.09. The highest BCUT2D eigenvalue weighted by Gasteiger charge is 2.38. The zero-order chi connectivity index (χ0) is 15.1. The highest BCUT2D eigenvalue weighted by atomic mass is 32.1. The predicted octanol–water partition coefficient (Wildman–Crippen LogP) is 5.55. The molecule has 2 rings (SSSR count). The van der Waals surface area contributed by atoms with Crippen molar-refractivity contribution in [3.63, 3.8) is 0 Å². The van der Waals surface area contributed by atoms with Gasteiger partial charge in [-0.25, -0.2) is 0 Å². The minimum atomic E-state index is 0.164. The molecule has 0 saturated carbocycles. The summed E-state index contributed by atoms with van der Waals surface area (Å²) in [4.78, 5) is 0. The molecule has 0 aliphatic heterocycles. The van der Waals surface area contributed by atoms with E-state index in [2.05, 4.69) is 73.2 Å². The summed E-state index contributed by atoms with van der Waals surface area (Å²) >= 11 is 1.79. The molecule has 2 heteroatoms. The van der Waals surface area contributed by atoms with E-state index in [-0.39, 0.29) is 5.41 Å². The maximum absolute atomic E-state index is 3.82. The lowest BCUT2D eigenvalue weighted by Crippen LogP contribution is -2.41. The molecule has 114 valence electrons. The Bertz CT molecular complexity index is 500. The minimum Gasteiger partial charge on any atom is -0.309 e. The Morgan fingerprint density at radius 1 is 1.05 bits per heavy atom. The van der Waals surface area contributed by atoms with Gasteiger partial charge in [-0.15, -0.1) is 0 Å². The van der Waals surface area contributed by atoms with E-state index in [0.29, 0.717) is 6.04 Å². The van der Waals surface area contributed by atoms with Crippen molar-refractivity contribution in [3.8, 4) is 0 Å². The zero-order valence-corrected chi connectivity index (χ0v) is 14.2. The Balaban J connectivity index is 2.45. The lowest BCUT2D eigenvalue weighted by molar-refractivity contribution is 0.275. The summed E-state index contributed by atoms with van der Waals surface area (Å²) in [5.41, 5.74) is 3.05. The fraction of sp³-hybridized carbons (Fsp3) is 0.474. The SMILES string of the molecule is CCCNC(c1ccsc1)C(CC)(CC)c1ccccc1. The number of thiophene rings is 1. The Labute approximate surface area is 133 Å². The van der Waals surface area contributed by atoms with Crippen molar-refractivity contribution in [2.45, 2.75) is 51.5 Å². The summed E-state index contributed by atoms with van der Waals surface area (Å²) in [7, 11) is 0. The van der Waals surface area contributed by atoms with Crippen LogP contribution in [0.25, 0.3) is 0 Å². The van der Waals surface area contributed by atoms with Gasteiger partial charge in [0.2, 0.25) is 0 Å². The van der Waals surface area contributed by atoms with Crippen LogP contribution in [-0.4, -0.2) is 6.54 Å². The number of benzene rings is 1. The first-order valence-corrected chi connectivity index (χ1v) is 9.03. The molecule has 1 atom stereocenters. The predicted molar refractivity (Wildman–Crippen MR) is 94.1 cm³/mol. The maximum atomic E-state index is 3.82. The summed E-state index contributed by atoms with van der Waals surface area (Å²) < 4.78 is 0. The standard InChI is InChI=1S/C19H27NS/c1-4-13-20-18(16-12-14-21-15-16)19(5-2,6-3)17-10-8-7-9-11-17/h7-12,14-15,18,20H,4-6,13H2,1-3H3. The molecule has 0 aliphatic rings. The van der Waals surface area contributed by atoms with Gasteiger partial charge in [0, 0.05) is 11.5 Å². The van der Waals surface area contributed by atoms with Gasteiger partial charge in [0.05, 0.1) is 0 Å². The van der Waals surface area contributed by atoms with Crippen LogP contribution in [0.4, 0.5) is 0 Å². The highest BCUT2D eigenvalue weighted by molar-refractivity contribution is 7.08. The van der Waals surface area contributed by atoms with Gasteiger partial charge in [-0.3, -0.25) is 0 Å². The van der Waals surface area contributed by atoms with Crippen LogP contribution < -0.4 is 5.32 Å². The Morgan fingerprint density at radius 2 is 1.76 bits per heavy atom. The van der Waals surface area contributed by atoms with E-state index < -0.39 is 0 Å². The third-order valence-electron chi connectivity index (χ3n) is 4.64. The molecule has 0 saturated heterocycles. The van der Waals surface area contributed by atoms with Crippen LogP contribution in [0.3, 0.4) is 0 Å². The van der Waals surface area contributed by atoms with Crippen LogP contribution in [0, 0.1) is 0 Å². The van der Waals surface area contributed by atoms with Crippen LogP contribution in [0.15, 0.2) is 47.2 Å². The molecule has 0 fully saturated rings. The van der Waals surface area contributed by atoms with Gasteiger partial charge in [-0.1, -0.05) is 51.1 Å². The van der Waals surface area contributed by atoms with Crippen molar-refractivity contribution in [2.24, 2.45) is 0 Å². The van der Waals surface area contributed by atoms with E-state index in [4.69, 9.17) is 0 Å². The maximum Gasteiger partial charge on any atom is 0.0426 e. The molecule has 1 N–H and O–H groups in total. The normalized spacial score (nSPS) is 13.3. The Morgan fingerprint density at radius 3 is 2.29 bits per heavy atom.